The Hall–Kier alpha value is -1.70. The van der Waals surface area contributed by atoms with Crippen molar-refractivity contribution in [3.63, 3.8) is 0 Å². The number of imidazole rings is 1. The molecule has 0 aliphatic carbocycles. The molecule has 0 radical (unpaired) electrons. The molecule has 2 saturated heterocycles. The number of fused-ring (bicyclic) bond motifs is 1. The summed E-state index contributed by atoms with van der Waals surface area (Å²) in [5, 5.41) is 12.1. The fraction of sp³-hybridized carbons (Fsp3) is 0.545. The number of thioether (sulfide) groups is 1. The first kappa shape index (κ1) is 12.3. The number of hydrogen-bond acceptors (Lipinski definition) is 5. The van der Waals surface area contributed by atoms with Crippen LogP contribution in [-0.2, 0) is 9.59 Å². The maximum atomic E-state index is 12.1. The Bertz CT molecular complexity index is 530. The van der Waals surface area contributed by atoms with Crippen LogP contribution >= 0.6 is 11.8 Å². The third-order valence-electron chi connectivity index (χ3n) is 3.47. The third-order valence-corrected chi connectivity index (χ3v) is 5.04. The lowest BCUT2D eigenvalue weighted by Gasteiger charge is -2.43. The van der Waals surface area contributed by atoms with Crippen molar-refractivity contribution in [2.75, 3.05) is 5.32 Å². The van der Waals surface area contributed by atoms with E-state index in [9.17, 15) is 14.7 Å². The number of nitrogens with one attached hydrogen (secondary N) is 2. The largest absolute Gasteiger partial charge is 0.480 e. The molecule has 7 nitrogen and oxygen atoms in total. The third kappa shape index (κ3) is 1.70. The highest BCUT2D eigenvalue weighted by atomic mass is 32.2. The van der Waals surface area contributed by atoms with Gasteiger partial charge < -0.3 is 20.3 Å². The lowest BCUT2D eigenvalue weighted by molar-refractivity contribution is -0.158. The van der Waals surface area contributed by atoms with Gasteiger partial charge in [-0.2, -0.15) is 0 Å². The molecule has 1 aromatic heterocycles. The maximum absolute atomic E-state index is 12.1. The molecule has 3 heterocycles. The molecule has 102 valence electrons. The number of aromatic amines is 1. The van der Waals surface area contributed by atoms with Crippen LogP contribution in [0.15, 0.2) is 12.4 Å². The number of aromatic nitrogens is 2. The summed E-state index contributed by atoms with van der Waals surface area (Å²) in [5.41, 5.74) is 0. The highest BCUT2D eigenvalue weighted by Crippen LogP contribution is 2.51. The molecule has 2 fully saturated rings. The molecule has 3 rings (SSSR count). The molecule has 3 N–H and O–H groups in total. The number of anilines is 1. The first-order valence-electron chi connectivity index (χ1n) is 5.90. The summed E-state index contributed by atoms with van der Waals surface area (Å²) < 4.78 is -0.494. The molecular formula is C11H14N4O3S. The van der Waals surface area contributed by atoms with Crippen molar-refractivity contribution in [1.82, 2.24) is 14.9 Å². The van der Waals surface area contributed by atoms with E-state index in [0.717, 1.165) is 0 Å². The predicted octanol–water partition coefficient (Wildman–Crippen LogP) is 0.337. The van der Waals surface area contributed by atoms with Crippen LogP contribution in [0.25, 0.3) is 0 Å². The Morgan fingerprint density at radius 1 is 1.63 bits per heavy atom. The number of carboxylic acid groups (broad SMARTS) is 1. The minimum atomic E-state index is -0.954. The molecule has 1 amide bonds. The van der Waals surface area contributed by atoms with Crippen molar-refractivity contribution in [2.24, 2.45) is 0 Å². The van der Waals surface area contributed by atoms with Crippen LogP contribution in [0.3, 0.4) is 0 Å². The molecule has 0 saturated carbocycles. The van der Waals surface area contributed by atoms with Gasteiger partial charge in [0, 0.05) is 17.1 Å². The molecule has 1 aromatic rings. The fourth-order valence-corrected chi connectivity index (χ4v) is 4.26. The summed E-state index contributed by atoms with van der Waals surface area (Å²) in [6.45, 7) is 3.71. The number of β-lactam (4-membered cyclic amide) rings is 1. The van der Waals surface area contributed by atoms with E-state index in [1.54, 1.807) is 12.4 Å². The number of hydrogen-bond donors (Lipinski definition) is 3. The average molecular weight is 282 g/mol. The van der Waals surface area contributed by atoms with Crippen LogP contribution in [0, 0.1) is 0 Å². The molecule has 0 aromatic carbocycles. The second kappa shape index (κ2) is 3.89. The van der Waals surface area contributed by atoms with Crippen LogP contribution in [0.2, 0.25) is 0 Å². The van der Waals surface area contributed by atoms with Crippen molar-refractivity contribution in [3.8, 4) is 0 Å². The summed E-state index contributed by atoms with van der Waals surface area (Å²) in [4.78, 5) is 31.8. The standard InChI is InChI=1S/C11H14N4O3S/c1-11(2)6(9(17)18)15-7(16)5(8(15)19-11)14-10-12-3-4-13-10/h3-6,8H,1-2H3,(H,17,18)(H2,12,13,14). The first-order chi connectivity index (χ1) is 8.92. The summed E-state index contributed by atoms with van der Waals surface area (Å²) in [6.07, 6.45) is 3.25. The molecular weight excluding hydrogens is 268 g/mol. The van der Waals surface area contributed by atoms with Crippen molar-refractivity contribution in [3.05, 3.63) is 12.4 Å². The smallest absolute Gasteiger partial charge is 0.327 e. The SMILES string of the molecule is CC1(C)SC2C(Nc3ncc[nH]3)C(=O)N2C1C(=O)O. The zero-order valence-electron chi connectivity index (χ0n) is 10.5. The molecule has 3 unspecified atom stereocenters. The number of rotatable bonds is 3. The first-order valence-corrected chi connectivity index (χ1v) is 6.78. The van der Waals surface area contributed by atoms with Gasteiger partial charge >= 0.3 is 5.97 Å². The van der Waals surface area contributed by atoms with Gasteiger partial charge in [0.2, 0.25) is 11.9 Å². The van der Waals surface area contributed by atoms with Gasteiger partial charge in [-0.3, -0.25) is 4.79 Å². The Labute approximate surface area is 113 Å². The Morgan fingerprint density at radius 3 is 2.95 bits per heavy atom. The van der Waals surface area contributed by atoms with Gasteiger partial charge in [0.25, 0.3) is 0 Å². The lowest BCUT2D eigenvalue weighted by atomic mass is 9.96. The number of carbonyl (C=O) groups excluding carboxylic acids is 1. The van der Waals surface area contributed by atoms with Gasteiger partial charge in [-0.25, -0.2) is 9.78 Å². The zero-order chi connectivity index (χ0) is 13.8. The van der Waals surface area contributed by atoms with Crippen LogP contribution in [-0.4, -0.2) is 54.1 Å². The fourth-order valence-electron chi connectivity index (χ4n) is 2.64. The normalized spacial score (nSPS) is 31.8. The molecule has 3 atom stereocenters. The van der Waals surface area contributed by atoms with Crippen LogP contribution in [0.5, 0.6) is 0 Å². The van der Waals surface area contributed by atoms with Gasteiger partial charge in [0.05, 0.1) is 0 Å². The van der Waals surface area contributed by atoms with E-state index in [1.807, 2.05) is 13.8 Å². The van der Waals surface area contributed by atoms with E-state index in [1.165, 1.54) is 16.7 Å². The molecule has 0 spiro atoms. The number of carbonyl (C=O) groups is 2. The second-order valence-electron chi connectivity index (χ2n) is 5.16. The van der Waals surface area contributed by atoms with E-state index < -0.39 is 22.8 Å². The van der Waals surface area contributed by atoms with Crippen LogP contribution in [0.1, 0.15) is 13.8 Å². The summed E-state index contributed by atoms with van der Waals surface area (Å²) >= 11 is 1.51. The second-order valence-corrected chi connectivity index (χ2v) is 6.93. The topological polar surface area (TPSA) is 98.3 Å². The maximum Gasteiger partial charge on any atom is 0.327 e. The molecule has 19 heavy (non-hydrogen) atoms. The molecule has 2 aliphatic heterocycles. The van der Waals surface area contributed by atoms with E-state index in [0.29, 0.717) is 5.95 Å². The minimum Gasteiger partial charge on any atom is -0.480 e. The van der Waals surface area contributed by atoms with E-state index in [4.69, 9.17) is 0 Å². The highest BCUT2D eigenvalue weighted by Gasteiger charge is 2.64. The lowest BCUT2D eigenvalue weighted by Crippen LogP contribution is -2.68. The Morgan fingerprint density at radius 2 is 2.37 bits per heavy atom. The summed E-state index contributed by atoms with van der Waals surface area (Å²) in [6, 6.07) is -1.19. The Kier molecular flexibility index (Phi) is 2.53. The summed E-state index contributed by atoms with van der Waals surface area (Å²) in [7, 11) is 0. The van der Waals surface area contributed by atoms with Crippen molar-refractivity contribution >= 4 is 29.6 Å². The van der Waals surface area contributed by atoms with E-state index in [2.05, 4.69) is 15.3 Å². The molecule has 0 bridgehead atoms. The number of aliphatic carboxylic acids is 1. The predicted molar refractivity (Wildman–Crippen MR) is 69.7 cm³/mol. The van der Waals surface area contributed by atoms with Crippen molar-refractivity contribution < 1.29 is 14.7 Å². The van der Waals surface area contributed by atoms with Crippen molar-refractivity contribution in [1.29, 1.82) is 0 Å². The number of amides is 1. The quantitative estimate of drug-likeness (QED) is 0.691. The van der Waals surface area contributed by atoms with Crippen LogP contribution in [0.4, 0.5) is 5.95 Å². The van der Waals surface area contributed by atoms with Gasteiger partial charge in [-0.1, -0.05) is 0 Å². The van der Waals surface area contributed by atoms with Crippen molar-refractivity contribution in [2.45, 2.75) is 36.1 Å². The zero-order valence-corrected chi connectivity index (χ0v) is 11.3. The minimum absolute atomic E-state index is 0.159. The molecule has 8 heteroatoms. The number of H-pyrrole nitrogens is 1. The van der Waals surface area contributed by atoms with Gasteiger partial charge in [0.15, 0.2) is 0 Å². The highest BCUT2D eigenvalue weighted by molar-refractivity contribution is 8.01. The average Bonchev–Trinajstić information content (AvgIpc) is 2.90. The number of nitrogens with zero attached hydrogens (tertiary/aromatic N) is 2. The van der Waals surface area contributed by atoms with Gasteiger partial charge in [-0.05, 0) is 13.8 Å². The van der Waals surface area contributed by atoms with E-state index in [-0.39, 0.29) is 11.3 Å². The monoisotopic (exact) mass is 282 g/mol. The van der Waals surface area contributed by atoms with Gasteiger partial charge in [-0.15, -0.1) is 11.8 Å². The summed E-state index contributed by atoms with van der Waals surface area (Å²) in [5.74, 6) is -0.619. The van der Waals surface area contributed by atoms with E-state index >= 15 is 0 Å². The van der Waals surface area contributed by atoms with Crippen LogP contribution < -0.4 is 5.32 Å². The molecule has 2 aliphatic rings. The Balaban J connectivity index is 1.81. The number of carboxylic acids is 1. The van der Waals surface area contributed by atoms with Gasteiger partial charge in [0.1, 0.15) is 17.5 Å².